The number of aromatic amines is 1. The first-order valence-corrected chi connectivity index (χ1v) is 6.44. The van der Waals surface area contributed by atoms with Gasteiger partial charge in [-0.05, 0) is 22.4 Å². The van der Waals surface area contributed by atoms with Gasteiger partial charge in [0.1, 0.15) is 0 Å². The molecule has 0 saturated carbocycles. The lowest BCUT2D eigenvalue weighted by molar-refractivity contribution is 0.539. The lowest BCUT2D eigenvalue weighted by atomic mass is 10.1. The zero-order valence-electron chi connectivity index (χ0n) is 9.46. The first-order chi connectivity index (χ1) is 7.66. The van der Waals surface area contributed by atoms with Crippen molar-refractivity contribution in [1.29, 1.82) is 0 Å². The van der Waals surface area contributed by atoms with E-state index in [1.165, 1.54) is 23.6 Å². The van der Waals surface area contributed by atoms with E-state index in [1.54, 1.807) is 0 Å². The van der Waals surface area contributed by atoms with Crippen LogP contribution in [0.4, 0.5) is 0 Å². The molecule has 5 heteroatoms. The molecular weight excluding hydrogens is 272 g/mol. The number of hydrogen-bond donors (Lipinski definition) is 1. The Kier molecular flexibility index (Phi) is 5.52. The fraction of sp³-hybridized carbons (Fsp3) is 0.636. The third kappa shape index (κ3) is 3.63. The molecule has 0 radical (unpaired) electrons. The summed E-state index contributed by atoms with van der Waals surface area (Å²) in [6, 6.07) is 0. The smallest absolute Gasteiger partial charge is 0.313 e. The van der Waals surface area contributed by atoms with Crippen LogP contribution in [0, 0.1) is 0 Å². The number of nitrogens with zero attached hydrogens (tertiary/aromatic N) is 1. The molecule has 0 bridgehead atoms. The Morgan fingerprint density at radius 1 is 1.25 bits per heavy atom. The Bertz CT molecular complexity index is 436. The molecule has 1 N–H and O–H groups in total. The van der Waals surface area contributed by atoms with Crippen molar-refractivity contribution in [2.45, 2.75) is 45.6 Å². The second kappa shape index (κ2) is 6.68. The lowest BCUT2D eigenvalue weighted by Crippen LogP contribution is -2.35. The Labute approximate surface area is 103 Å². The average Bonchev–Trinajstić information content (AvgIpc) is 2.28. The maximum atomic E-state index is 11.6. The van der Waals surface area contributed by atoms with Gasteiger partial charge in [-0.25, -0.2) is 4.79 Å². The summed E-state index contributed by atoms with van der Waals surface area (Å²) < 4.78 is 1.65. The molecule has 1 aromatic rings. The second-order valence-electron chi connectivity index (χ2n) is 3.81. The number of hydrogen-bond acceptors (Lipinski definition) is 2. The van der Waals surface area contributed by atoms with Crippen LogP contribution in [0.2, 0.25) is 0 Å². The highest BCUT2D eigenvalue weighted by Gasteiger charge is 2.03. The summed E-state index contributed by atoms with van der Waals surface area (Å²) in [6.07, 6.45) is 6.89. The minimum absolute atomic E-state index is 0.251. The molecular formula is C11H17BrN2O2. The van der Waals surface area contributed by atoms with Crippen molar-refractivity contribution in [3.8, 4) is 0 Å². The molecule has 4 nitrogen and oxygen atoms in total. The number of nitrogens with one attached hydrogen (secondary N) is 1. The minimum atomic E-state index is -0.330. The van der Waals surface area contributed by atoms with Crippen molar-refractivity contribution in [2.24, 2.45) is 0 Å². The van der Waals surface area contributed by atoms with E-state index in [0.29, 0.717) is 11.0 Å². The van der Waals surface area contributed by atoms with Gasteiger partial charge >= 0.3 is 5.69 Å². The molecule has 1 aromatic heterocycles. The molecule has 0 aromatic carbocycles. The van der Waals surface area contributed by atoms with Crippen molar-refractivity contribution in [3.63, 3.8) is 0 Å². The van der Waals surface area contributed by atoms with E-state index in [2.05, 4.69) is 27.8 Å². The summed E-state index contributed by atoms with van der Waals surface area (Å²) in [6.45, 7) is 2.65. The molecule has 0 atom stereocenters. The molecule has 0 amide bonds. The lowest BCUT2D eigenvalue weighted by Gasteiger charge is -2.04. The van der Waals surface area contributed by atoms with E-state index in [-0.39, 0.29) is 11.2 Å². The normalized spacial score (nSPS) is 10.6. The molecule has 0 aliphatic carbocycles. The average molecular weight is 289 g/mol. The maximum Gasteiger partial charge on any atom is 0.328 e. The predicted molar refractivity (Wildman–Crippen MR) is 67.8 cm³/mol. The van der Waals surface area contributed by atoms with Crippen LogP contribution in [0.3, 0.4) is 0 Å². The van der Waals surface area contributed by atoms with Crippen LogP contribution in [-0.2, 0) is 6.54 Å². The molecule has 16 heavy (non-hydrogen) atoms. The maximum absolute atomic E-state index is 11.6. The van der Waals surface area contributed by atoms with Crippen LogP contribution in [0.25, 0.3) is 0 Å². The Morgan fingerprint density at radius 3 is 2.62 bits per heavy atom. The summed E-state index contributed by atoms with van der Waals surface area (Å²) >= 11 is 3.11. The monoisotopic (exact) mass is 288 g/mol. The molecule has 0 fully saturated rings. The van der Waals surface area contributed by atoms with Gasteiger partial charge in [0.2, 0.25) is 0 Å². The number of rotatable bonds is 6. The highest BCUT2D eigenvalue weighted by Crippen LogP contribution is 2.03. The van der Waals surface area contributed by atoms with E-state index in [9.17, 15) is 9.59 Å². The number of H-pyrrole nitrogens is 1. The molecule has 90 valence electrons. The fourth-order valence-electron chi connectivity index (χ4n) is 1.56. The van der Waals surface area contributed by atoms with Crippen LogP contribution in [0.1, 0.15) is 39.0 Å². The molecule has 0 aliphatic rings. The van der Waals surface area contributed by atoms with E-state index < -0.39 is 0 Å². The third-order valence-corrected chi connectivity index (χ3v) is 3.07. The van der Waals surface area contributed by atoms with Crippen molar-refractivity contribution < 1.29 is 0 Å². The third-order valence-electron chi connectivity index (χ3n) is 2.50. The second-order valence-corrected chi connectivity index (χ2v) is 4.67. The van der Waals surface area contributed by atoms with Gasteiger partial charge in [-0.15, -0.1) is 0 Å². The predicted octanol–water partition coefficient (Wildman–Crippen LogP) is 2.27. The van der Waals surface area contributed by atoms with Gasteiger partial charge in [0, 0.05) is 12.7 Å². The van der Waals surface area contributed by atoms with Crippen molar-refractivity contribution in [3.05, 3.63) is 31.5 Å². The van der Waals surface area contributed by atoms with Gasteiger partial charge in [0.25, 0.3) is 5.56 Å². The van der Waals surface area contributed by atoms with Crippen LogP contribution in [0.15, 0.2) is 20.3 Å². The number of aromatic nitrogens is 2. The highest BCUT2D eigenvalue weighted by atomic mass is 79.9. The standard InChI is InChI=1S/C11H17BrN2O2/c1-2-3-4-5-6-7-14-10(15)9(12)8-13-11(14)16/h8H,2-7H2,1H3,(H,13,16). The van der Waals surface area contributed by atoms with Crippen LogP contribution in [0.5, 0.6) is 0 Å². The van der Waals surface area contributed by atoms with Gasteiger partial charge < -0.3 is 4.98 Å². The Morgan fingerprint density at radius 2 is 1.94 bits per heavy atom. The number of unbranched alkanes of at least 4 members (excludes halogenated alkanes) is 4. The summed E-state index contributed by atoms with van der Waals surface area (Å²) in [5, 5.41) is 0. The quantitative estimate of drug-likeness (QED) is 0.817. The molecule has 1 rings (SSSR count). The first-order valence-electron chi connectivity index (χ1n) is 5.65. The number of halogens is 1. The van der Waals surface area contributed by atoms with Gasteiger partial charge in [-0.3, -0.25) is 9.36 Å². The van der Waals surface area contributed by atoms with Gasteiger partial charge in [-0.1, -0.05) is 32.6 Å². The summed E-state index contributed by atoms with van der Waals surface area (Å²) in [7, 11) is 0. The molecule has 1 heterocycles. The molecule has 0 saturated heterocycles. The largest absolute Gasteiger partial charge is 0.328 e. The van der Waals surface area contributed by atoms with Crippen LogP contribution >= 0.6 is 15.9 Å². The van der Waals surface area contributed by atoms with Crippen LogP contribution in [-0.4, -0.2) is 9.55 Å². The van der Waals surface area contributed by atoms with Gasteiger partial charge in [0.15, 0.2) is 0 Å². The zero-order valence-corrected chi connectivity index (χ0v) is 11.0. The summed E-state index contributed by atoms with van der Waals surface area (Å²) in [5.41, 5.74) is -0.581. The van der Waals surface area contributed by atoms with Crippen molar-refractivity contribution in [2.75, 3.05) is 0 Å². The van der Waals surface area contributed by atoms with E-state index >= 15 is 0 Å². The Hall–Kier alpha value is -0.840. The van der Waals surface area contributed by atoms with E-state index in [0.717, 1.165) is 19.3 Å². The topological polar surface area (TPSA) is 54.9 Å². The SMILES string of the molecule is CCCCCCCn1c(=O)[nH]cc(Br)c1=O. The van der Waals surface area contributed by atoms with Crippen molar-refractivity contribution >= 4 is 15.9 Å². The summed E-state index contributed by atoms with van der Waals surface area (Å²) in [5.74, 6) is 0. The molecule has 0 spiro atoms. The van der Waals surface area contributed by atoms with Crippen LogP contribution < -0.4 is 11.2 Å². The van der Waals surface area contributed by atoms with E-state index in [4.69, 9.17) is 0 Å². The first kappa shape index (κ1) is 13.2. The summed E-state index contributed by atoms with van der Waals surface area (Å²) in [4.78, 5) is 25.5. The Balaban J connectivity index is 2.57. The van der Waals surface area contributed by atoms with Gasteiger partial charge in [0.05, 0.1) is 4.47 Å². The van der Waals surface area contributed by atoms with E-state index in [1.807, 2.05) is 0 Å². The zero-order chi connectivity index (χ0) is 12.0. The minimum Gasteiger partial charge on any atom is -0.313 e. The van der Waals surface area contributed by atoms with Gasteiger partial charge in [-0.2, -0.15) is 0 Å². The molecule has 0 aliphatic heterocycles. The molecule has 0 unspecified atom stereocenters. The van der Waals surface area contributed by atoms with Crippen molar-refractivity contribution in [1.82, 2.24) is 9.55 Å². The highest BCUT2D eigenvalue weighted by molar-refractivity contribution is 9.10. The fourth-order valence-corrected chi connectivity index (χ4v) is 1.89.